The molecule has 0 aromatic heterocycles. The summed E-state index contributed by atoms with van der Waals surface area (Å²) in [5.41, 5.74) is -0.651. The minimum Gasteiger partial charge on any atom is -0.496 e. The van der Waals surface area contributed by atoms with E-state index >= 15 is 0 Å². The highest BCUT2D eigenvalue weighted by molar-refractivity contribution is 6.36. The summed E-state index contributed by atoms with van der Waals surface area (Å²) in [4.78, 5) is 31.1. The topological polar surface area (TPSA) is 119 Å². The number of nitrogens with one attached hydrogen (secondary N) is 1. The van der Waals surface area contributed by atoms with Crippen molar-refractivity contribution in [2.75, 3.05) is 12.4 Å². The van der Waals surface area contributed by atoms with E-state index in [2.05, 4.69) is 0 Å². The van der Waals surface area contributed by atoms with Crippen LogP contribution in [0.15, 0.2) is 18.2 Å². The number of nitro benzene ring substituents is 1. The predicted molar refractivity (Wildman–Crippen MR) is 55.9 cm³/mol. The molecule has 1 amide bonds. The Hall–Kier alpha value is -2.64. The van der Waals surface area contributed by atoms with Gasteiger partial charge in [-0.3, -0.25) is 14.9 Å². The second kappa shape index (κ2) is 4.92. The summed E-state index contributed by atoms with van der Waals surface area (Å²) >= 11 is 0. The zero-order valence-corrected chi connectivity index (χ0v) is 8.67. The average Bonchev–Trinajstić information content (AvgIpc) is 2.29. The van der Waals surface area contributed by atoms with E-state index in [0.29, 0.717) is 0 Å². The van der Waals surface area contributed by atoms with E-state index in [-0.39, 0.29) is 11.4 Å². The molecule has 0 saturated heterocycles. The summed E-state index contributed by atoms with van der Waals surface area (Å²) in [7, 11) is 1.33. The van der Waals surface area contributed by atoms with E-state index in [0.717, 1.165) is 6.07 Å². The summed E-state index contributed by atoms with van der Waals surface area (Å²) < 4.78 is 4.78. The molecule has 0 bridgehead atoms. The molecule has 8 nitrogen and oxygen atoms in total. The molecule has 0 aliphatic rings. The van der Waals surface area contributed by atoms with Gasteiger partial charge in [0.15, 0.2) is 0 Å². The van der Waals surface area contributed by atoms with Crippen LogP contribution in [0.4, 0.5) is 11.4 Å². The van der Waals surface area contributed by atoms with Gasteiger partial charge in [0.2, 0.25) is 0 Å². The van der Waals surface area contributed by atoms with Gasteiger partial charge in [-0.2, -0.15) is 0 Å². The first-order valence-electron chi connectivity index (χ1n) is 4.32. The molecule has 1 rings (SSSR count). The van der Waals surface area contributed by atoms with Crippen LogP contribution in [0, 0.1) is 10.1 Å². The van der Waals surface area contributed by atoms with Crippen molar-refractivity contribution < 1.29 is 24.4 Å². The Bertz CT molecular complexity index is 484. The number of hydrogen-bond acceptors (Lipinski definition) is 5. The van der Waals surface area contributed by atoms with Crippen LogP contribution in [-0.4, -0.2) is 29.0 Å². The molecule has 1 aromatic rings. The standard InChI is InChI=1S/C9H8N2O6/c1-17-5-2-3-6(7(4-5)11(15)16)10-8(12)9(13)14/h2-4H,1H3,(H,10,12)(H,13,14). The van der Waals surface area contributed by atoms with Crippen molar-refractivity contribution in [1.82, 2.24) is 0 Å². The van der Waals surface area contributed by atoms with Crippen LogP contribution < -0.4 is 10.1 Å². The molecule has 0 fully saturated rings. The number of nitrogens with zero attached hydrogens (tertiary/aromatic N) is 1. The van der Waals surface area contributed by atoms with Crippen molar-refractivity contribution >= 4 is 23.3 Å². The lowest BCUT2D eigenvalue weighted by molar-refractivity contribution is -0.384. The van der Waals surface area contributed by atoms with Crippen LogP contribution >= 0.6 is 0 Å². The fourth-order valence-corrected chi connectivity index (χ4v) is 1.07. The Labute approximate surface area is 95.0 Å². The van der Waals surface area contributed by atoms with Crippen LogP contribution in [-0.2, 0) is 9.59 Å². The zero-order chi connectivity index (χ0) is 13.0. The zero-order valence-electron chi connectivity index (χ0n) is 8.67. The Morgan fingerprint density at radius 3 is 2.59 bits per heavy atom. The van der Waals surface area contributed by atoms with Crippen molar-refractivity contribution in [1.29, 1.82) is 0 Å². The first-order chi connectivity index (χ1) is 7.95. The maximum Gasteiger partial charge on any atom is 0.394 e. The van der Waals surface area contributed by atoms with Gasteiger partial charge in [-0.15, -0.1) is 0 Å². The van der Waals surface area contributed by atoms with Gasteiger partial charge in [0.25, 0.3) is 5.69 Å². The number of benzene rings is 1. The van der Waals surface area contributed by atoms with Crippen molar-refractivity contribution in [3.63, 3.8) is 0 Å². The SMILES string of the molecule is COc1ccc(NC(=O)C(=O)O)c([N+](=O)[O-])c1. The lowest BCUT2D eigenvalue weighted by Crippen LogP contribution is -2.22. The first-order valence-corrected chi connectivity index (χ1v) is 4.32. The average molecular weight is 240 g/mol. The van der Waals surface area contributed by atoms with Gasteiger partial charge in [-0.1, -0.05) is 0 Å². The number of carbonyl (C=O) groups excluding carboxylic acids is 1. The second-order valence-electron chi connectivity index (χ2n) is 2.90. The third kappa shape index (κ3) is 2.91. The molecular weight excluding hydrogens is 232 g/mol. The molecule has 0 atom stereocenters. The summed E-state index contributed by atoms with van der Waals surface area (Å²) in [5.74, 6) is -2.85. The molecule has 8 heteroatoms. The molecule has 0 saturated carbocycles. The predicted octanol–water partition coefficient (Wildman–Crippen LogP) is 0.626. The number of carboxylic acid groups (broad SMARTS) is 1. The van der Waals surface area contributed by atoms with Gasteiger partial charge < -0.3 is 15.2 Å². The van der Waals surface area contributed by atoms with Crippen molar-refractivity contribution in [3.05, 3.63) is 28.3 Å². The highest BCUT2D eigenvalue weighted by Gasteiger charge is 2.19. The van der Waals surface area contributed by atoms with Crippen LogP contribution in [0.1, 0.15) is 0 Å². The van der Waals surface area contributed by atoms with Gasteiger partial charge in [0.05, 0.1) is 18.1 Å². The summed E-state index contributed by atoms with van der Waals surface area (Å²) in [5, 5.41) is 21.0. The number of anilines is 1. The van der Waals surface area contributed by atoms with Crippen LogP contribution in [0.3, 0.4) is 0 Å². The van der Waals surface area contributed by atoms with E-state index < -0.39 is 22.5 Å². The molecule has 0 radical (unpaired) electrons. The van der Waals surface area contributed by atoms with Gasteiger partial charge in [0.1, 0.15) is 11.4 Å². The normalized spacial score (nSPS) is 9.47. The smallest absolute Gasteiger partial charge is 0.394 e. The molecule has 2 N–H and O–H groups in total. The number of methoxy groups -OCH3 is 1. The lowest BCUT2D eigenvalue weighted by atomic mass is 10.2. The molecule has 0 heterocycles. The van der Waals surface area contributed by atoms with Crippen LogP contribution in [0.25, 0.3) is 0 Å². The number of hydrogen-bond donors (Lipinski definition) is 2. The first kappa shape index (κ1) is 12.4. The van der Waals surface area contributed by atoms with Crippen molar-refractivity contribution in [2.45, 2.75) is 0 Å². The maximum absolute atomic E-state index is 10.9. The van der Waals surface area contributed by atoms with Crippen LogP contribution in [0.2, 0.25) is 0 Å². The number of rotatable bonds is 3. The van der Waals surface area contributed by atoms with Gasteiger partial charge in [-0.05, 0) is 12.1 Å². The molecule has 0 aliphatic heterocycles. The van der Waals surface area contributed by atoms with E-state index in [1.165, 1.54) is 19.2 Å². The lowest BCUT2D eigenvalue weighted by Gasteiger charge is -2.05. The third-order valence-corrected chi connectivity index (χ3v) is 1.84. The Morgan fingerprint density at radius 1 is 1.47 bits per heavy atom. The maximum atomic E-state index is 10.9. The Kier molecular flexibility index (Phi) is 3.60. The highest BCUT2D eigenvalue weighted by Crippen LogP contribution is 2.28. The molecule has 0 spiro atoms. The number of aliphatic carboxylic acids is 1. The number of ether oxygens (including phenoxy) is 1. The van der Waals surface area contributed by atoms with E-state index in [9.17, 15) is 19.7 Å². The highest BCUT2D eigenvalue weighted by atomic mass is 16.6. The Morgan fingerprint density at radius 2 is 2.12 bits per heavy atom. The molecule has 90 valence electrons. The van der Waals surface area contributed by atoms with Crippen molar-refractivity contribution in [3.8, 4) is 5.75 Å². The Balaban J connectivity index is 3.11. The monoisotopic (exact) mass is 240 g/mol. The summed E-state index contributed by atoms with van der Waals surface area (Å²) in [6, 6.07) is 3.64. The van der Waals surface area contributed by atoms with E-state index in [1.807, 2.05) is 5.32 Å². The summed E-state index contributed by atoms with van der Waals surface area (Å²) in [6.07, 6.45) is 0. The molecular formula is C9H8N2O6. The number of carboxylic acids is 1. The quantitative estimate of drug-likeness (QED) is 0.454. The van der Waals surface area contributed by atoms with Gasteiger partial charge in [-0.25, -0.2) is 4.79 Å². The van der Waals surface area contributed by atoms with Crippen molar-refractivity contribution in [2.24, 2.45) is 0 Å². The molecule has 1 aromatic carbocycles. The largest absolute Gasteiger partial charge is 0.496 e. The minimum atomic E-state index is -1.73. The third-order valence-electron chi connectivity index (χ3n) is 1.84. The van der Waals surface area contributed by atoms with E-state index in [4.69, 9.17) is 9.84 Å². The van der Waals surface area contributed by atoms with E-state index in [1.54, 1.807) is 0 Å². The fourth-order valence-electron chi connectivity index (χ4n) is 1.07. The molecule has 17 heavy (non-hydrogen) atoms. The second-order valence-corrected chi connectivity index (χ2v) is 2.90. The number of amides is 1. The van der Waals surface area contributed by atoms with Gasteiger partial charge in [0, 0.05) is 0 Å². The number of nitro groups is 1. The molecule has 0 aliphatic carbocycles. The fraction of sp³-hybridized carbons (Fsp3) is 0.111. The molecule has 0 unspecified atom stereocenters. The van der Waals surface area contributed by atoms with Gasteiger partial charge >= 0.3 is 11.9 Å². The number of carbonyl (C=O) groups is 2. The summed E-state index contributed by atoms with van der Waals surface area (Å²) in [6.45, 7) is 0. The minimum absolute atomic E-state index is 0.205. The van der Waals surface area contributed by atoms with Crippen LogP contribution in [0.5, 0.6) is 5.75 Å².